The molecule has 0 aromatic heterocycles. The molecule has 0 aromatic rings. The summed E-state index contributed by atoms with van der Waals surface area (Å²) in [6, 6.07) is -0.446. The van der Waals surface area contributed by atoms with Gasteiger partial charge < -0.3 is 4.85 Å². The van der Waals surface area contributed by atoms with Gasteiger partial charge in [0.15, 0.2) is 0 Å². The maximum Gasteiger partial charge on any atom is 0.255 e. The van der Waals surface area contributed by atoms with Gasteiger partial charge >= 0.3 is 0 Å². The van der Waals surface area contributed by atoms with E-state index in [1.807, 2.05) is 0 Å². The van der Waals surface area contributed by atoms with Crippen LogP contribution in [-0.2, 0) is 0 Å². The van der Waals surface area contributed by atoms with Crippen molar-refractivity contribution in [2.75, 3.05) is 0 Å². The molecule has 0 aromatic carbocycles. The average molecular weight is 173 g/mol. The van der Waals surface area contributed by atoms with E-state index in [0.29, 0.717) is 12.8 Å². The fraction of sp³-hybridized carbons (Fsp3) is 0.889. The Morgan fingerprint density at radius 3 is 2.33 bits per heavy atom. The molecular weight excluding hydrogens is 160 g/mol. The van der Waals surface area contributed by atoms with Crippen LogP contribution >= 0.6 is 0 Å². The van der Waals surface area contributed by atoms with Crippen molar-refractivity contribution in [3.63, 3.8) is 0 Å². The van der Waals surface area contributed by atoms with Crippen LogP contribution in [0.25, 0.3) is 4.85 Å². The summed E-state index contributed by atoms with van der Waals surface area (Å²) in [7, 11) is 0. The molecule has 0 N–H and O–H groups in total. The number of nitrogens with zero attached hydrogens (tertiary/aromatic N) is 1. The fourth-order valence-corrected chi connectivity index (χ4v) is 1.86. The van der Waals surface area contributed by atoms with Gasteiger partial charge in [0.2, 0.25) is 6.04 Å². The van der Waals surface area contributed by atoms with Crippen molar-refractivity contribution in [2.45, 2.75) is 44.6 Å². The van der Waals surface area contributed by atoms with Gasteiger partial charge in [-0.1, -0.05) is 6.42 Å². The predicted molar refractivity (Wildman–Crippen MR) is 43.0 cm³/mol. The number of rotatable bonds is 1. The first kappa shape index (κ1) is 9.44. The van der Waals surface area contributed by atoms with Crippen LogP contribution in [0.3, 0.4) is 0 Å². The molecule has 12 heavy (non-hydrogen) atoms. The molecule has 3 heteroatoms. The van der Waals surface area contributed by atoms with Crippen molar-refractivity contribution in [1.29, 1.82) is 0 Å². The highest BCUT2D eigenvalue weighted by Crippen LogP contribution is 2.37. The highest BCUT2D eigenvalue weighted by molar-refractivity contribution is 4.94. The van der Waals surface area contributed by atoms with Crippen LogP contribution in [0, 0.1) is 12.5 Å². The molecule has 0 radical (unpaired) electrons. The SMILES string of the molecule is [C-]#[N+]C1CCCCC1C(C)(F)F. The average Bonchev–Trinajstić information content (AvgIpc) is 2.03. The Bertz CT molecular complexity index is 190. The van der Waals surface area contributed by atoms with Crippen molar-refractivity contribution >= 4 is 0 Å². The zero-order valence-electron chi connectivity index (χ0n) is 7.19. The van der Waals surface area contributed by atoms with Crippen molar-refractivity contribution < 1.29 is 8.78 Å². The molecule has 1 saturated carbocycles. The third-order valence-electron chi connectivity index (χ3n) is 2.55. The quantitative estimate of drug-likeness (QED) is 0.536. The van der Waals surface area contributed by atoms with E-state index in [2.05, 4.69) is 4.85 Å². The van der Waals surface area contributed by atoms with Gasteiger partial charge in [-0.3, -0.25) is 0 Å². The Morgan fingerprint density at radius 2 is 1.92 bits per heavy atom. The summed E-state index contributed by atoms with van der Waals surface area (Å²) in [5, 5.41) is 0. The van der Waals surface area contributed by atoms with E-state index in [4.69, 9.17) is 6.57 Å². The summed E-state index contributed by atoms with van der Waals surface area (Å²) in [4.78, 5) is 3.27. The van der Waals surface area contributed by atoms with Crippen LogP contribution in [0.4, 0.5) is 8.78 Å². The molecule has 1 rings (SSSR count). The van der Waals surface area contributed by atoms with Crippen molar-refractivity contribution in [1.82, 2.24) is 0 Å². The third kappa shape index (κ3) is 1.94. The maximum atomic E-state index is 12.9. The standard InChI is InChI=1S/C9H13F2N/c1-9(10,11)7-5-3-4-6-8(7)12-2/h7-8H,3-6H2,1H3. The topological polar surface area (TPSA) is 4.36 Å². The molecule has 1 fully saturated rings. The molecule has 0 spiro atoms. The van der Waals surface area contributed by atoms with Crippen LogP contribution < -0.4 is 0 Å². The largest absolute Gasteiger partial charge is 0.313 e. The third-order valence-corrected chi connectivity index (χ3v) is 2.55. The van der Waals surface area contributed by atoms with Gasteiger partial charge in [-0.25, -0.2) is 15.4 Å². The smallest absolute Gasteiger partial charge is 0.255 e. The van der Waals surface area contributed by atoms with E-state index in [1.165, 1.54) is 0 Å². The zero-order chi connectivity index (χ0) is 9.19. The molecule has 1 aliphatic rings. The first-order valence-corrected chi connectivity index (χ1v) is 4.30. The lowest BCUT2D eigenvalue weighted by Crippen LogP contribution is -2.35. The second kappa shape index (κ2) is 3.38. The number of hydrogen-bond donors (Lipinski definition) is 0. The van der Waals surface area contributed by atoms with Crippen LogP contribution in [0.15, 0.2) is 0 Å². The number of hydrogen-bond acceptors (Lipinski definition) is 0. The molecule has 0 heterocycles. The van der Waals surface area contributed by atoms with Gasteiger partial charge in [0.25, 0.3) is 5.92 Å². The molecule has 1 aliphatic carbocycles. The second-order valence-corrected chi connectivity index (χ2v) is 3.54. The molecule has 68 valence electrons. The fourth-order valence-electron chi connectivity index (χ4n) is 1.86. The maximum absolute atomic E-state index is 12.9. The Labute approximate surface area is 71.6 Å². The molecular formula is C9H13F2N. The lowest BCUT2D eigenvalue weighted by molar-refractivity contribution is -0.0553. The monoisotopic (exact) mass is 173 g/mol. The molecule has 0 saturated heterocycles. The van der Waals surface area contributed by atoms with E-state index in [0.717, 1.165) is 19.8 Å². The first-order valence-electron chi connectivity index (χ1n) is 4.30. The first-order chi connectivity index (χ1) is 5.55. The molecule has 0 aliphatic heterocycles. The van der Waals surface area contributed by atoms with Gasteiger partial charge in [-0.15, -0.1) is 0 Å². The lowest BCUT2D eigenvalue weighted by Gasteiger charge is -2.27. The Hall–Kier alpha value is -0.650. The van der Waals surface area contributed by atoms with Gasteiger partial charge in [-0.05, 0) is 19.8 Å². The van der Waals surface area contributed by atoms with Crippen molar-refractivity contribution in [3.05, 3.63) is 11.4 Å². The van der Waals surface area contributed by atoms with Gasteiger partial charge in [0.1, 0.15) is 0 Å². The van der Waals surface area contributed by atoms with E-state index < -0.39 is 17.9 Å². The molecule has 2 unspecified atom stereocenters. The summed E-state index contributed by atoms with van der Waals surface area (Å²) in [6.07, 6.45) is 2.94. The number of alkyl halides is 2. The minimum atomic E-state index is -2.67. The highest BCUT2D eigenvalue weighted by atomic mass is 19.3. The van der Waals surface area contributed by atoms with Crippen LogP contribution in [-0.4, -0.2) is 12.0 Å². The Balaban J connectivity index is 2.67. The van der Waals surface area contributed by atoms with Crippen LogP contribution in [0.5, 0.6) is 0 Å². The normalized spacial score (nSPS) is 31.2. The molecule has 2 atom stereocenters. The molecule has 0 amide bonds. The Kier molecular flexibility index (Phi) is 2.66. The van der Waals surface area contributed by atoms with Crippen LogP contribution in [0.2, 0.25) is 0 Å². The van der Waals surface area contributed by atoms with Crippen molar-refractivity contribution in [3.8, 4) is 0 Å². The Morgan fingerprint density at radius 1 is 1.33 bits per heavy atom. The lowest BCUT2D eigenvalue weighted by atomic mass is 9.81. The zero-order valence-corrected chi connectivity index (χ0v) is 7.19. The van der Waals surface area contributed by atoms with Crippen molar-refractivity contribution in [2.24, 2.45) is 5.92 Å². The van der Waals surface area contributed by atoms with E-state index in [-0.39, 0.29) is 0 Å². The minimum Gasteiger partial charge on any atom is -0.313 e. The summed E-state index contributed by atoms with van der Waals surface area (Å²) < 4.78 is 25.8. The van der Waals surface area contributed by atoms with E-state index in [1.54, 1.807) is 0 Å². The van der Waals surface area contributed by atoms with Crippen LogP contribution in [0.1, 0.15) is 32.6 Å². The minimum absolute atomic E-state index is 0.446. The van der Waals surface area contributed by atoms with E-state index >= 15 is 0 Å². The molecule has 0 bridgehead atoms. The second-order valence-electron chi connectivity index (χ2n) is 3.54. The summed E-state index contributed by atoms with van der Waals surface area (Å²) in [5.74, 6) is -3.38. The van der Waals surface area contributed by atoms with Gasteiger partial charge in [0, 0.05) is 6.42 Å². The summed E-state index contributed by atoms with van der Waals surface area (Å²) in [5.41, 5.74) is 0. The van der Waals surface area contributed by atoms with Gasteiger partial charge in [-0.2, -0.15) is 0 Å². The van der Waals surface area contributed by atoms with E-state index in [9.17, 15) is 8.78 Å². The summed E-state index contributed by atoms with van der Waals surface area (Å²) >= 11 is 0. The highest BCUT2D eigenvalue weighted by Gasteiger charge is 2.44. The summed E-state index contributed by atoms with van der Waals surface area (Å²) in [6.45, 7) is 7.73. The molecule has 1 nitrogen and oxygen atoms in total. The number of halogens is 2. The predicted octanol–water partition coefficient (Wildman–Crippen LogP) is 3.12. The van der Waals surface area contributed by atoms with Gasteiger partial charge in [0.05, 0.1) is 5.92 Å².